The second-order valence-corrected chi connectivity index (χ2v) is 6.70. The fourth-order valence-corrected chi connectivity index (χ4v) is 2.65. The first kappa shape index (κ1) is 19.1. The van der Waals surface area contributed by atoms with Crippen molar-refractivity contribution in [1.29, 1.82) is 0 Å². The minimum atomic E-state index is -0.811. The Morgan fingerprint density at radius 1 is 1.15 bits per heavy atom. The molecule has 7 nitrogen and oxygen atoms in total. The van der Waals surface area contributed by atoms with Crippen LogP contribution in [-0.2, 0) is 4.79 Å². The van der Waals surface area contributed by atoms with Crippen molar-refractivity contribution < 1.29 is 9.53 Å². The molecule has 3 aromatic rings. The molecule has 0 fully saturated rings. The maximum absolute atomic E-state index is 12.6. The molecule has 27 heavy (non-hydrogen) atoms. The van der Waals surface area contributed by atoms with Crippen LogP contribution in [0.15, 0.2) is 36.4 Å². The van der Waals surface area contributed by atoms with E-state index >= 15 is 0 Å². The van der Waals surface area contributed by atoms with Crippen LogP contribution in [0.3, 0.4) is 0 Å². The van der Waals surface area contributed by atoms with E-state index in [9.17, 15) is 4.79 Å². The fraction of sp³-hybridized carbons (Fsp3) is 0.222. The molecule has 3 rings (SSSR count). The first-order valence-electron chi connectivity index (χ1n) is 8.14. The maximum atomic E-state index is 12.6. The quantitative estimate of drug-likeness (QED) is 0.693. The molecule has 0 saturated heterocycles. The van der Waals surface area contributed by atoms with E-state index in [1.54, 1.807) is 37.3 Å². The van der Waals surface area contributed by atoms with Crippen LogP contribution in [0, 0.1) is 13.8 Å². The van der Waals surface area contributed by atoms with Crippen molar-refractivity contribution in [3.8, 4) is 11.6 Å². The highest BCUT2D eigenvalue weighted by Gasteiger charge is 2.20. The lowest BCUT2D eigenvalue weighted by molar-refractivity contribution is -0.122. The molecule has 2 aromatic heterocycles. The van der Waals surface area contributed by atoms with Gasteiger partial charge in [0.2, 0.25) is 0 Å². The number of anilines is 1. The van der Waals surface area contributed by atoms with Gasteiger partial charge in [0.25, 0.3) is 5.91 Å². The molecule has 1 atom stereocenters. The van der Waals surface area contributed by atoms with E-state index in [1.807, 2.05) is 19.9 Å². The Hall–Kier alpha value is -2.64. The number of halogens is 2. The number of aryl methyl sites for hydroxylation is 2. The molecule has 1 N–H and O–H groups in total. The van der Waals surface area contributed by atoms with E-state index in [4.69, 9.17) is 27.9 Å². The van der Waals surface area contributed by atoms with Crippen molar-refractivity contribution in [2.45, 2.75) is 26.9 Å². The Bertz CT molecular complexity index is 972. The van der Waals surface area contributed by atoms with Gasteiger partial charge in [0.15, 0.2) is 11.9 Å². The molecular weight excluding hydrogens is 389 g/mol. The molecule has 1 amide bonds. The molecule has 0 aliphatic rings. The van der Waals surface area contributed by atoms with Crippen molar-refractivity contribution in [3.63, 3.8) is 0 Å². The van der Waals surface area contributed by atoms with Crippen LogP contribution in [0.2, 0.25) is 10.0 Å². The SMILES string of the molecule is Cc1ccc(-n2nc(C)cc2NC(=O)[C@@H](C)Oc2cccc(Cl)c2Cl)nn1. The van der Waals surface area contributed by atoms with Gasteiger partial charge >= 0.3 is 0 Å². The van der Waals surface area contributed by atoms with Crippen molar-refractivity contribution in [2.24, 2.45) is 0 Å². The van der Waals surface area contributed by atoms with E-state index in [2.05, 4.69) is 20.6 Å². The number of amides is 1. The van der Waals surface area contributed by atoms with Crippen LogP contribution in [0.1, 0.15) is 18.3 Å². The Morgan fingerprint density at radius 2 is 1.93 bits per heavy atom. The first-order valence-corrected chi connectivity index (χ1v) is 8.89. The highest BCUT2D eigenvalue weighted by molar-refractivity contribution is 6.42. The van der Waals surface area contributed by atoms with Crippen LogP contribution >= 0.6 is 23.2 Å². The van der Waals surface area contributed by atoms with E-state index in [0.29, 0.717) is 22.4 Å². The van der Waals surface area contributed by atoms with E-state index in [0.717, 1.165) is 11.4 Å². The standard InChI is InChI=1S/C18H17Cl2N5O2/c1-10-7-8-15(23-22-10)25-16(9-11(2)24-25)21-18(26)12(3)27-14-6-4-5-13(19)17(14)20/h4-9,12H,1-3H3,(H,21,26)/t12-/m1/s1. The van der Waals surface area contributed by atoms with Gasteiger partial charge in [-0.2, -0.15) is 14.9 Å². The molecule has 0 saturated carbocycles. The Morgan fingerprint density at radius 3 is 2.63 bits per heavy atom. The number of hydrogen-bond donors (Lipinski definition) is 1. The average molecular weight is 406 g/mol. The zero-order valence-electron chi connectivity index (χ0n) is 14.9. The van der Waals surface area contributed by atoms with Crippen LogP contribution in [0.4, 0.5) is 5.82 Å². The van der Waals surface area contributed by atoms with Gasteiger partial charge in [-0.1, -0.05) is 29.3 Å². The van der Waals surface area contributed by atoms with E-state index in [-0.39, 0.29) is 10.9 Å². The summed E-state index contributed by atoms with van der Waals surface area (Å²) >= 11 is 12.1. The lowest BCUT2D eigenvalue weighted by Gasteiger charge is -2.16. The monoisotopic (exact) mass is 405 g/mol. The number of carbonyl (C=O) groups excluding carboxylic acids is 1. The largest absolute Gasteiger partial charge is 0.479 e. The molecule has 0 unspecified atom stereocenters. The van der Waals surface area contributed by atoms with E-state index in [1.165, 1.54) is 4.68 Å². The van der Waals surface area contributed by atoms with Crippen molar-refractivity contribution >= 4 is 34.9 Å². The van der Waals surface area contributed by atoms with Crippen molar-refractivity contribution in [1.82, 2.24) is 20.0 Å². The lowest BCUT2D eigenvalue weighted by Crippen LogP contribution is -2.31. The summed E-state index contributed by atoms with van der Waals surface area (Å²) in [6, 6.07) is 10.3. The van der Waals surface area contributed by atoms with Gasteiger partial charge in [0.05, 0.1) is 16.4 Å². The number of ether oxygens (including phenoxy) is 1. The Kier molecular flexibility index (Phi) is 5.62. The highest BCUT2D eigenvalue weighted by atomic mass is 35.5. The molecule has 0 radical (unpaired) electrons. The summed E-state index contributed by atoms with van der Waals surface area (Å²) in [6.45, 7) is 5.28. The number of benzene rings is 1. The summed E-state index contributed by atoms with van der Waals surface area (Å²) in [4.78, 5) is 12.6. The number of rotatable bonds is 5. The molecule has 0 spiro atoms. The maximum Gasteiger partial charge on any atom is 0.266 e. The van der Waals surface area contributed by atoms with Crippen LogP contribution in [-0.4, -0.2) is 32.0 Å². The van der Waals surface area contributed by atoms with Crippen LogP contribution < -0.4 is 10.1 Å². The van der Waals surface area contributed by atoms with Gasteiger partial charge in [0.1, 0.15) is 16.6 Å². The van der Waals surface area contributed by atoms with Crippen molar-refractivity contribution in [2.75, 3.05) is 5.32 Å². The topological polar surface area (TPSA) is 81.9 Å². The Balaban J connectivity index is 1.78. The minimum absolute atomic E-state index is 0.259. The highest BCUT2D eigenvalue weighted by Crippen LogP contribution is 2.32. The zero-order valence-corrected chi connectivity index (χ0v) is 16.4. The lowest BCUT2D eigenvalue weighted by atomic mass is 10.3. The zero-order chi connectivity index (χ0) is 19.6. The second kappa shape index (κ2) is 7.94. The molecular formula is C18H17Cl2N5O2. The number of nitrogens with zero attached hydrogens (tertiary/aromatic N) is 4. The molecule has 0 aliphatic carbocycles. The summed E-state index contributed by atoms with van der Waals surface area (Å²) in [5.74, 6) is 0.923. The van der Waals surface area contributed by atoms with Crippen LogP contribution in [0.25, 0.3) is 5.82 Å². The number of aromatic nitrogens is 4. The molecule has 0 bridgehead atoms. The van der Waals surface area contributed by atoms with Gasteiger partial charge in [-0.3, -0.25) is 4.79 Å². The number of hydrogen-bond acceptors (Lipinski definition) is 5. The molecule has 9 heteroatoms. The predicted molar refractivity (Wildman–Crippen MR) is 104 cm³/mol. The van der Waals surface area contributed by atoms with Gasteiger partial charge in [-0.05, 0) is 45.0 Å². The minimum Gasteiger partial charge on any atom is -0.479 e. The third kappa shape index (κ3) is 4.37. The summed E-state index contributed by atoms with van der Waals surface area (Å²) < 4.78 is 7.15. The summed E-state index contributed by atoms with van der Waals surface area (Å²) in [6.07, 6.45) is -0.811. The van der Waals surface area contributed by atoms with Crippen molar-refractivity contribution in [3.05, 3.63) is 57.8 Å². The summed E-state index contributed by atoms with van der Waals surface area (Å²) in [5.41, 5.74) is 1.51. The molecule has 2 heterocycles. The van der Waals surface area contributed by atoms with Crippen LogP contribution in [0.5, 0.6) is 5.75 Å². The molecule has 140 valence electrons. The van der Waals surface area contributed by atoms with Gasteiger partial charge in [-0.15, -0.1) is 5.10 Å². The normalized spacial score (nSPS) is 11.9. The number of carbonyl (C=O) groups is 1. The molecule has 0 aliphatic heterocycles. The third-order valence-electron chi connectivity index (χ3n) is 3.67. The fourth-order valence-electron chi connectivity index (χ4n) is 2.31. The summed E-state index contributed by atoms with van der Waals surface area (Å²) in [7, 11) is 0. The van der Waals surface area contributed by atoms with E-state index < -0.39 is 6.10 Å². The predicted octanol–water partition coefficient (Wildman–Crippen LogP) is 3.99. The Labute approximate surface area is 166 Å². The van der Waals surface area contributed by atoms with Gasteiger partial charge < -0.3 is 10.1 Å². The number of nitrogens with one attached hydrogen (secondary N) is 1. The molecule has 1 aromatic carbocycles. The van der Waals surface area contributed by atoms with Gasteiger partial charge in [0, 0.05) is 6.07 Å². The first-order chi connectivity index (χ1) is 12.8. The van der Waals surface area contributed by atoms with Gasteiger partial charge in [-0.25, -0.2) is 0 Å². The smallest absolute Gasteiger partial charge is 0.266 e. The average Bonchev–Trinajstić information content (AvgIpc) is 2.99. The third-order valence-corrected chi connectivity index (χ3v) is 4.47. The second-order valence-electron chi connectivity index (χ2n) is 5.92. The summed E-state index contributed by atoms with van der Waals surface area (Å²) in [5, 5.41) is 15.9.